The third-order valence-corrected chi connectivity index (χ3v) is 4.91. The zero-order chi connectivity index (χ0) is 23.9. The van der Waals surface area contributed by atoms with Crippen LogP contribution in [-0.2, 0) is 4.74 Å². The van der Waals surface area contributed by atoms with Crippen LogP contribution in [0.15, 0.2) is 47.4 Å². The molecule has 0 spiro atoms. The number of amides is 1. The number of anilines is 1. The molecule has 0 saturated heterocycles. The lowest BCUT2D eigenvalue weighted by molar-refractivity contribution is 0.0378. The molecule has 2 aromatic carbocycles. The number of rotatable bonds is 4. The van der Waals surface area contributed by atoms with Gasteiger partial charge in [0.2, 0.25) is 5.43 Å². The minimum absolute atomic E-state index is 0.0624. The number of aromatic nitrogens is 2. The Morgan fingerprint density at radius 2 is 1.88 bits per heavy atom. The van der Waals surface area contributed by atoms with Gasteiger partial charge in [0.25, 0.3) is 5.91 Å². The Balaban J connectivity index is 1.77. The standard InChI is InChI=1S/C24H19F2N3O4/c1-11(2)33-24(32)13-4-5-18-15(7-13)19(6-12(3)28-18)29-23(31)16-10-27-20-9-14(25)8-17(26)21(20)22(16)30/h4-11H,1-3H3,(H,27,30)(H,28,29,31). The second-order valence-electron chi connectivity index (χ2n) is 7.79. The van der Waals surface area contributed by atoms with Gasteiger partial charge in [0, 0.05) is 23.3 Å². The number of fused-ring (bicyclic) bond motifs is 2. The summed E-state index contributed by atoms with van der Waals surface area (Å²) in [5.41, 5.74) is 0.379. The Morgan fingerprint density at radius 3 is 2.61 bits per heavy atom. The number of pyridine rings is 2. The van der Waals surface area contributed by atoms with Gasteiger partial charge in [-0.15, -0.1) is 0 Å². The van der Waals surface area contributed by atoms with E-state index in [0.29, 0.717) is 28.4 Å². The van der Waals surface area contributed by atoms with Crippen molar-refractivity contribution < 1.29 is 23.1 Å². The number of ether oxygens (including phenoxy) is 1. The Morgan fingerprint density at radius 1 is 1.12 bits per heavy atom. The summed E-state index contributed by atoms with van der Waals surface area (Å²) in [6.07, 6.45) is 0.789. The smallest absolute Gasteiger partial charge is 0.338 e. The molecule has 9 heteroatoms. The highest BCUT2D eigenvalue weighted by molar-refractivity contribution is 6.10. The molecule has 7 nitrogen and oxygen atoms in total. The Labute approximate surface area is 186 Å². The van der Waals surface area contributed by atoms with Crippen molar-refractivity contribution in [3.8, 4) is 0 Å². The van der Waals surface area contributed by atoms with E-state index in [1.54, 1.807) is 39.0 Å². The number of carbonyl (C=O) groups excluding carboxylic acids is 2. The molecule has 0 aliphatic rings. The third kappa shape index (κ3) is 4.30. The second kappa shape index (κ2) is 8.42. The van der Waals surface area contributed by atoms with E-state index >= 15 is 0 Å². The molecule has 1 amide bonds. The van der Waals surface area contributed by atoms with Crippen molar-refractivity contribution in [1.82, 2.24) is 9.97 Å². The average molecular weight is 451 g/mol. The lowest BCUT2D eigenvalue weighted by atomic mass is 10.1. The van der Waals surface area contributed by atoms with Gasteiger partial charge < -0.3 is 15.0 Å². The van der Waals surface area contributed by atoms with Crippen LogP contribution in [0.2, 0.25) is 0 Å². The summed E-state index contributed by atoms with van der Waals surface area (Å²) in [6, 6.07) is 7.87. The number of esters is 1. The van der Waals surface area contributed by atoms with E-state index in [-0.39, 0.29) is 22.7 Å². The van der Waals surface area contributed by atoms with Crippen LogP contribution >= 0.6 is 0 Å². The molecule has 2 heterocycles. The summed E-state index contributed by atoms with van der Waals surface area (Å²) in [5.74, 6) is -3.25. The first-order valence-corrected chi connectivity index (χ1v) is 10.1. The number of nitrogens with one attached hydrogen (secondary N) is 2. The van der Waals surface area contributed by atoms with Crippen molar-refractivity contribution in [2.45, 2.75) is 26.9 Å². The van der Waals surface area contributed by atoms with Gasteiger partial charge in [-0.05, 0) is 51.1 Å². The van der Waals surface area contributed by atoms with Crippen molar-refractivity contribution in [3.63, 3.8) is 0 Å². The quantitative estimate of drug-likeness (QED) is 0.446. The van der Waals surface area contributed by atoms with Gasteiger partial charge in [0.15, 0.2) is 0 Å². The molecular weight excluding hydrogens is 432 g/mol. The molecule has 2 aromatic heterocycles. The number of carbonyl (C=O) groups is 2. The largest absolute Gasteiger partial charge is 0.459 e. The summed E-state index contributed by atoms with van der Waals surface area (Å²) in [7, 11) is 0. The summed E-state index contributed by atoms with van der Waals surface area (Å²) < 4.78 is 32.9. The topological polar surface area (TPSA) is 101 Å². The van der Waals surface area contributed by atoms with Crippen LogP contribution in [0.4, 0.5) is 14.5 Å². The molecule has 2 N–H and O–H groups in total. The highest BCUT2D eigenvalue weighted by Gasteiger charge is 2.19. The molecule has 33 heavy (non-hydrogen) atoms. The Bertz CT molecular complexity index is 1500. The molecule has 0 radical (unpaired) electrons. The van der Waals surface area contributed by atoms with Crippen molar-refractivity contribution in [1.29, 1.82) is 0 Å². The molecule has 0 aliphatic carbocycles. The molecule has 0 saturated carbocycles. The fraction of sp³-hybridized carbons (Fsp3) is 0.167. The fourth-order valence-corrected chi connectivity index (χ4v) is 3.50. The van der Waals surface area contributed by atoms with Crippen LogP contribution in [0.3, 0.4) is 0 Å². The highest BCUT2D eigenvalue weighted by Crippen LogP contribution is 2.26. The molecule has 0 unspecified atom stereocenters. The molecule has 0 aliphatic heterocycles. The van der Waals surface area contributed by atoms with E-state index in [1.807, 2.05) is 0 Å². The van der Waals surface area contributed by atoms with E-state index in [2.05, 4.69) is 15.3 Å². The van der Waals surface area contributed by atoms with E-state index in [9.17, 15) is 23.2 Å². The third-order valence-electron chi connectivity index (χ3n) is 4.91. The van der Waals surface area contributed by atoms with Crippen LogP contribution in [0.1, 0.15) is 40.3 Å². The van der Waals surface area contributed by atoms with Crippen LogP contribution in [0.25, 0.3) is 21.8 Å². The van der Waals surface area contributed by atoms with Crippen LogP contribution < -0.4 is 10.7 Å². The second-order valence-corrected chi connectivity index (χ2v) is 7.79. The van der Waals surface area contributed by atoms with Crippen LogP contribution in [-0.4, -0.2) is 27.9 Å². The van der Waals surface area contributed by atoms with Gasteiger partial charge in [-0.3, -0.25) is 14.6 Å². The first-order chi connectivity index (χ1) is 15.6. The predicted molar refractivity (Wildman–Crippen MR) is 119 cm³/mol. The lowest BCUT2D eigenvalue weighted by Gasteiger charge is -2.12. The van der Waals surface area contributed by atoms with E-state index in [4.69, 9.17) is 4.74 Å². The van der Waals surface area contributed by atoms with Gasteiger partial charge in [-0.25, -0.2) is 13.6 Å². The number of halogens is 2. The number of hydrogen-bond donors (Lipinski definition) is 2. The van der Waals surface area contributed by atoms with Gasteiger partial charge in [-0.1, -0.05) is 0 Å². The van der Waals surface area contributed by atoms with Crippen LogP contribution in [0, 0.1) is 18.6 Å². The minimum Gasteiger partial charge on any atom is -0.459 e. The van der Waals surface area contributed by atoms with Gasteiger partial charge in [0.05, 0.1) is 33.8 Å². The Hall–Kier alpha value is -4.14. The number of benzene rings is 2. The van der Waals surface area contributed by atoms with E-state index in [1.165, 1.54) is 6.07 Å². The SMILES string of the molecule is Cc1cc(NC(=O)c2c[nH]c3cc(F)cc(F)c3c2=O)c2cc(C(=O)OC(C)C)ccc2n1. The number of aromatic amines is 1. The molecule has 4 aromatic rings. The van der Waals surface area contributed by atoms with Crippen molar-refractivity contribution in [2.24, 2.45) is 0 Å². The lowest BCUT2D eigenvalue weighted by Crippen LogP contribution is -2.23. The van der Waals surface area contributed by atoms with E-state index < -0.39 is 34.3 Å². The molecule has 4 rings (SSSR count). The number of H-pyrrole nitrogens is 1. The predicted octanol–water partition coefficient (Wildman–Crippen LogP) is 4.48. The highest BCUT2D eigenvalue weighted by atomic mass is 19.1. The summed E-state index contributed by atoms with van der Waals surface area (Å²) in [6.45, 7) is 5.18. The van der Waals surface area contributed by atoms with Crippen molar-refractivity contribution >= 4 is 39.4 Å². The minimum atomic E-state index is -1.07. The molecule has 0 atom stereocenters. The van der Waals surface area contributed by atoms with Gasteiger partial charge in [0.1, 0.15) is 17.2 Å². The average Bonchev–Trinajstić information content (AvgIpc) is 2.72. The molecule has 0 bridgehead atoms. The maximum Gasteiger partial charge on any atom is 0.338 e. The summed E-state index contributed by atoms with van der Waals surface area (Å²) in [4.78, 5) is 45.0. The molecule has 0 fully saturated rings. The van der Waals surface area contributed by atoms with Crippen molar-refractivity contribution in [2.75, 3.05) is 5.32 Å². The number of aryl methyl sites for hydroxylation is 1. The molecule has 168 valence electrons. The number of hydrogen-bond acceptors (Lipinski definition) is 5. The first kappa shape index (κ1) is 22.1. The van der Waals surface area contributed by atoms with Crippen LogP contribution in [0.5, 0.6) is 0 Å². The summed E-state index contributed by atoms with van der Waals surface area (Å²) >= 11 is 0. The van der Waals surface area contributed by atoms with Gasteiger partial charge >= 0.3 is 5.97 Å². The Kier molecular flexibility index (Phi) is 5.63. The monoisotopic (exact) mass is 451 g/mol. The van der Waals surface area contributed by atoms with Crippen molar-refractivity contribution in [3.05, 3.63) is 81.3 Å². The zero-order valence-electron chi connectivity index (χ0n) is 18.0. The first-order valence-electron chi connectivity index (χ1n) is 10.1. The maximum absolute atomic E-state index is 14.2. The van der Waals surface area contributed by atoms with E-state index in [0.717, 1.165) is 12.3 Å². The maximum atomic E-state index is 14.2. The molecular formula is C24H19F2N3O4. The zero-order valence-corrected chi connectivity index (χ0v) is 18.0. The summed E-state index contributed by atoms with van der Waals surface area (Å²) in [5, 5.41) is 2.68. The number of nitrogens with zero attached hydrogens (tertiary/aromatic N) is 1. The van der Waals surface area contributed by atoms with Gasteiger partial charge in [-0.2, -0.15) is 0 Å². The fourth-order valence-electron chi connectivity index (χ4n) is 3.50. The normalized spacial score (nSPS) is 11.2.